The van der Waals surface area contributed by atoms with Crippen LogP contribution in [0.3, 0.4) is 0 Å². The normalized spacial score (nSPS) is 15.3. The molecule has 5 heteroatoms. The average molecular weight is 400 g/mol. The van der Waals surface area contributed by atoms with Crippen molar-refractivity contribution in [2.24, 2.45) is 0 Å². The maximum absolute atomic E-state index is 6.33. The van der Waals surface area contributed by atoms with Crippen molar-refractivity contribution in [3.63, 3.8) is 0 Å². The summed E-state index contributed by atoms with van der Waals surface area (Å²) in [7, 11) is 0. The third-order valence-corrected chi connectivity index (χ3v) is 6.85. The van der Waals surface area contributed by atoms with Crippen LogP contribution in [0.4, 0.5) is 5.82 Å². The molecule has 1 aliphatic rings. The Kier molecular flexibility index (Phi) is 5.65. The molecule has 1 aliphatic heterocycles. The zero-order chi connectivity index (χ0) is 18.8. The minimum atomic E-state index is 0.360. The number of anilines is 1. The second kappa shape index (κ2) is 8.15. The van der Waals surface area contributed by atoms with Gasteiger partial charge in [-0.25, -0.2) is 4.98 Å². The molecule has 0 unspecified atom stereocenters. The van der Waals surface area contributed by atoms with Gasteiger partial charge in [0.15, 0.2) is 0 Å². The molecule has 4 rings (SSSR count). The number of hydrogen-bond donors (Lipinski definition) is 0. The Morgan fingerprint density at radius 2 is 1.67 bits per heavy atom. The number of aryl methyl sites for hydroxylation is 2. The molecule has 2 aromatic heterocycles. The Morgan fingerprint density at radius 1 is 0.963 bits per heavy atom. The van der Waals surface area contributed by atoms with E-state index in [1.807, 2.05) is 0 Å². The van der Waals surface area contributed by atoms with Gasteiger partial charge in [-0.1, -0.05) is 51.0 Å². The molecule has 1 saturated heterocycles. The van der Waals surface area contributed by atoms with Crippen molar-refractivity contribution < 1.29 is 0 Å². The molecular formula is C22H26ClN3S. The van der Waals surface area contributed by atoms with Gasteiger partial charge >= 0.3 is 0 Å². The van der Waals surface area contributed by atoms with Gasteiger partial charge in [0.25, 0.3) is 0 Å². The molecule has 27 heavy (non-hydrogen) atoms. The van der Waals surface area contributed by atoms with E-state index in [0.29, 0.717) is 5.28 Å². The van der Waals surface area contributed by atoms with E-state index in [4.69, 9.17) is 16.6 Å². The standard InChI is InChI=1S/C22H26ClN3S/c1-3-15-9-11-16(12-10-15)18-17(4-2)27-21-19(18)20(24-22(23)25-21)26-13-7-5-6-8-14-26/h9-12H,3-8,13-14H2,1-2H3. The van der Waals surface area contributed by atoms with Gasteiger partial charge in [0, 0.05) is 23.5 Å². The van der Waals surface area contributed by atoms with Gasteiger partial charge < -0.3 is 4.90 Å². The molecule has 0 N–H and O–H groups in total. The SMILES string of the molecule is CCc1ccc(-c2c(CC)sc3nc(Cl)nc(N4CCCCCC4)c23)cc1. The Morgan fingerprint density at radius 3 is 2.30 bits per heavy atom. The highest BCUT2D eigenvalue weighted by atomic mass is 35.5. The summed E-state index contributed by atoms with van der Waals surface area (Å²) in [6, 6.07) is 8.97. The zero-order valence-electron chi connectivity index (χ0n) is 16.1. The van der Waals surface area contributed by atoms with Crippen LogP contribution in [0.2, 0.25) is 5.28 Å². The van der Waals surface area contributed by atoms with Crippen LogP contribution in [-0.4, -0.2) is 23.1 Å². The molecular weight excluding hydrogens is 374 g/mol. The van der Waals surface area contributed by atoms with Crippen molar-refractivity contribution in [1.29, 1.82) is 0 Å². The molecule has 0 saturated carbocycles. The van der Waals surface area contributed by atoms with Crippen molar-refractivity contribution >= 4 is 39.0 Å². The first-order valence-electron chi connectivity index (χ1n) is 10.0. The topological polar surface area (TPSA) is 29.0 Å². The predicted molar refractivity (Wildman–Crippen MR) is 117 cm³/mol. The van der Waals surface area contributed by atoms with Crippen molar-refractivity contribution in [3.8, 4) is 11.1 Å². The fourth-order valence-corrected chi connectivity index (χ4v) is 5.32. The molecule has 3 nitrogen and oxygen atoms in total. The Labute approximate surface area is 170 Å². The van der Waals surface area contributed by atoms with Crippen LogP contribution in [-0.2, 0) is 12.8 Å². The largest absolute Gasteiger partial charge is 0.356 e. The number of fused-ring (bicyclic) bond motifs is 1. The Bertz CT molecular complexity index is 925. The molecule has 1 fully saturated rings. The average Bonchev–Trinajstić information content (AvgIpc) is 2.86. The van der Waals surface area contributed by atoms with Gasteiger partial charge in [-0.2, -0.15) is 4.98 Å². The van der Waals surface area contributed by atoms with Crippen LogP contribution in [0.5, 0.6) is 0 Å². The second-order valence-corrected chi connectivity index (χ2v) is 8.62. The number of thiophene rings is 1. The van der Waals surface area contributed by atoms with Crippen LogP contribution in [0, 0.1) is 0 Å². The number of benzene rings is 1. The summed E-state index contributed by atoms with van der Waals surface area (Å²) in [5.74, 6) is 1.03. The second-order valence-electron chi connectivity index (χ2n) is 7.20. The number of rotatable bonds is 4. The van der Waals surface area contributed by atoms with E-state index in [1.54, 1.807) is 11.3 Å². The third-order valence-electron chi connectivity index (χ3n) is 5.46. The summed E-state index contributed by atoms with van der Waals surface area (Å²) in [6.45, 7) is 6.51. The molecule has 0 aliphatic carbocycles. The number of halogens is 1. The molecule has 0 bridgehead atoms. The molecule has 3 aromatic rings. The van der Waals surface area contributed by atoms with Crippen molar-refractivity contribution in [2.45, 2.75) is 52.4 Å². The molecule has 3 heterocycles. The van der Waals surface area contributed by atoms with E-state index in [1.165, 1.54) is 52.6 Å². The number of aromatic nitrogens is 2. The van der Waals surface area contributed by atoms with Crippen LogP contribution >= 0.6 is 22.9 Å². The summed E-state index contributed by atoms with van der Waals surface area (Å²) in [5.41, 5.74) is 3.93. The lowest BCUT2D eigenvalue weighted by atomic mass is 10.00. The van der Waals surface area contributed by atoms with Crippen LogP contribution in [0.25, 0.3) is 21.3 Å². The van der Waals surface area contributed by atoms with Gasteiger partial charge in [0.2, 0.25) is 5.28 Å². The molecule has 142 valence electrons. The van der Waals surface area contributed by atoms with E-state index >= 15 is 0 Å². The minimum Gasteiger partial charge on any atom is -0.356 e. The minimum absolute atomic E-state index is 0.360. The predicted octanol–water partition coefficient (Wildman–Crippen LogP) is 6.52. The molecule has 1 aromatic carbocycles. The first-order valence-corrected chi connectivity index (χ1v) is 11.2. The Hall–Kier alpha value is -1.65. The van der Waals surface area contributed by atoms with Gasteiger partial charge in [-0.05, 0) is 48.4 Å². The van der Waals surface area contributed by atoms with E-state index in [-0.39, 0.29) is 0 Å². The fourth-order valence-electron chi connectivity index (χ4n) is 3.98. The van der Waals surface area contributed by atoms with E-state index < -0.39 is 0 Å². The van der Waals surface area contributed by atoms with Gasteiger partial charge in [-0.15, -0.1) is 11.3 Å². The lowest BCUT2D eigenvalue weighted by Gasteiger charge is -2.23. The van der Waals surface area contributed by atoms with Crippen LogP contribution < -0.4 is 4.90 Å². The molecule has 0 amide bonds. The first kappa shape index (κ1) is 18.7. The molecule has 0 spiro atoms. The van der Waals surface area contributed by atoms with E-state index in [9.17, 15) is 0 Å². The summed E-state index contributed by atoms with van der Waals surface area (Å²) in [6.07, 6.45) is 7.08. The summed E-state index contributed by atoms with van der Waals surface area (Å²) < 4.78 is 0. The highest BCUT2D eigenvalue weighted by molar-refractivity contribution is 7.19. The van der Waals surface area contributed by atoms with Crippen molar-refractivity contribution in [1.82, 2.24) is 9.97 Å². The summed E-state index contributed by atoms with van der Waals surface area (Å²) in [5, 5.41) is 1.55. The van der Waals surface area contributed by atoms with Crippen LogP contribution in [0.1, 0.15) is 50.0 Å². The smallest absolute Gasteiger partial charge is 0.225 e. The highest BCUT2D eigenvalue weighted by Gasteiger charge is 2.23. The summed E-state index contributed by atoms with van der Waals surface area (Å²) >= 11 is 8.10. The zero-order valence-corrected chi connectivity index (χ0v) is 17.7. The number of nitrogens with zero attached hydrogens (tertiary/aromatic N) is 3. The van der Waals surface area contributed by atoms with Gasteiger partial charge in [0.1, 0.15) is 10.6 Å². The lowest BCUT2D eigenvalue weighted by Crippen LogP contribution is -2.25. The highest BCUT2D eigenvalue weighted by Crippen LogP contribution is 2.43. The monoisotopic (exact) mass is 399 g/mol. The fraction of sp³-hybridized carbons (Fsp3) is 0.455. The third kappa shape index (κ3) is 3.70. The van der Waals surface area contributed by atoms with E-state index in [0.717, 1.165) is 36.6 Å². The maximum atomic E-state index is 6.33. The van der Waals surface area contributed by atoms with Crippen LogP contribution in [0.15, 0.2) is 24.3 Å². The molecule has 0 atom stereocenters. The molecule has 0 radical (unpaired) electrons. The Balaban J connectivity index is 1.93. The number of hydrogen-bond acceptors (Lipinski definition) is 4. The quantitative estimate of drug-likeness (QED) is 0.468. The van der Waals surface area contributed by atoms with Crippen molar-refractivity contribution in [2.75, 3.05) is 18.0 Å². The van der Waals surface area contributed by atoms with E-state index in [2.05, 4.69) is 48.0 Å². The van der Waals surface area contributed by atoms with Gasteiger partial charge in [-0.3, -0.25) is 0 Å². The van der Waals surface area contributed by atoms with Gasteiger partial charge in [0.05, 0.1) is 5.39 Å². The summed E-state index contributed by atoms with van der Waals surface area (Å²) in [4.78, 5) is 14.1. The first-order chi connectivity index (χ1) is 13.2. The lowest BCUT2D eigenvalue weighted by molar-refractivity contribution is 0.726. The maximum Gasteiger partial charge on any atom is 0.225 e. The van der Waals surface area contributed by atoms with Crippen molar-refractivity contribution in [3.05, 3.63) is 40.0 Å².